The number of nitrogens with zero attached hydrogens (tertiary/aromatic N) is 3. The number of anilines is 2. The lowest BCUT2D eigenvalue weighted by Gasteiger charge is -2.27. The first kappa shape index (κ1) is 20.4. The van der Waals surface area contributed by atoms with Crippen molar-refractivity contribution in [1.29, 1.82) is 0 Å². The molecule has 30 heavy (non-hydrogen) atoms. The van der Waals surface area contributed by atoms with Gasteiger partial charge in [0.2, 0.25) is 5.91 Å². The number of ether oxygens (including phenoxy) is 1. The van der Waals surface area contributed by atoms with Crippen LogP contribution in [0.3, 0.4) is 0 Å². The molecule has 0 atom stereocenters. The molecule has 2 aromatic carbocycles. The van der Waals surface area contributed by atoms with Gasteiger partial charge in [-0.3, -0.25) is 9.48 Å². The van der Waals surface area contributed by atoms with Crippen LogP contribution < -0.4 is 10.2 Å². The molecule has 1 amide bonds. The molecule has 1 fully saturated rings. The molecule has 6 nitrogen and oxygen atoms in total. The summed E-state index contributed by atoms with van der Waals surface area (Å²) in [6.07, 6.45) is 1.85. The lowest BCUT2D eigenvalue weighted by molar-refractivity contribution is -0.116. The van der Waals surface area contributed by atoms with Gasteiger partial charge in [0.05, 0.1) is 18.9 Å². The number of nitrogens with one attached hydrogen (secondary N) is 1. The van der Waals surface area contributed by atoms with E-state index in [9.17, 15) is 9.18 Å². The number of aromatic nitrogens is 2. The first-order chi connectivity index (χ1) is 14.5. The fraction of sp³-hybridized carbons (Fsp3) is 0.273. The Morgan fingerprint density at radius 3 is 2.63 bits per heavy atom. The third kappa shape index (κ3) is 4.63. The first-order valence-corrected chi connectivity index (χ1v) is 10.1. The molecular formula is C22H22ClFN4O2. The number of rotatable bonds is 5. The summed E-state index contributed by atoms with van der Waals surface area (Å²) in [6, 6.07) is 12.3. The molecule has 1 saturated heterocycles. The Morgan fingerprint density at radius 1 is 1.20 bits per heavy atom. The van der Waals surface area contributed by atoms with E-state index < -0.39 is 5.82 Å². The number of aryl methyl sites for hydroxylation is 1. The molecule has 0 spiro atoms. The Hall–Kier alpha value is -2.90. The normalized spacial score (nSPS) is 14.0. The van der Waals surface area contributed by atoms with Crippen LogP contribution in [0.5, 0.6) is 0 Å². The maximum absolute atomic E-state index is 14.0. The second kappa shape index (κ2) is 8.85. The Labute approximate surface area is 179 Å². The van der Waals surface area contributed by atoms with Crippen molar-refractivity contribution >= 4 is 29.0 Å². The largest absolute Gasteiger partial charge is 0.378 e. The minimum atomic E-state index is -0.578. The topological polar surface area (TPSA) is 59.4 Å². The minimum absolute atomic E-state index is 0.0364. The molecule has 156 valence electrons. The van der Waals surface area contributed by atoms with Gasteiger partial charge in [-0.05, 0) is 30.7 Å². The van der Waals surface area contributed by atoms with E-state index in [1.165, 1.54) is 17.7 Å². The third-order valence-electron chi connectivity index (χ3n) is 4.93. The van der Waals surface area contributed by atoms with E-state index in [2.05, 4.69) is 15.3 Å². The van der Waals surface area contributed by atoms with E-state index >= 15 is 0 Å². The van der Waals surface area contributed by atoms with E-state index in [1.807, 2.05) is 37.4 Å². The number of benzene rings is 2. The summed E-state index contributed by atoms with van der Waals surface area (Å²) in [6.45, 7) is 4.74. The Balaban J connectivity index is 1.58. The van der Waals surface area contributed by atoms with Crippen LogP contribution in [0.4, 0.5) is 15.9 Å². The molecule has 1 aliphatic rings. The van der Waals surface area contributed by atoms with Crippen molar-refractivity contribution in [3.8, 4) is 11.1 Å². The molecule has 0 radical (unpaired) electrons. The van der Waals surface area contributed by atoms with Crippen molar-refractivity contribution < 1.29 is 13.9 Å². The Bertz CT molecular complexity index is 1050. The van der Waals surface area contributed by atoms with Crippen LogP contribution in [-0.2, 0) is 16.1 Å². The van der Waals surface area contributed by atoms with E-state index in [4.69, 9.17) is 16.3 Å². The van der Waals surface area contributed by atoms with Gasteiger partial charge in [0.1, 0.15) is 12.4 Å². The molecular weight excluding hydrogens is 407 g/mol. The van der Waals surface area contributed by atoms with Gasteiger partial charge in [-0.15, -0.1) is 0 Å². The molecule has 4 rings (SSSR count). The summed E-state index contributed by atoms with van der Waals surface area (Å²) in [5, 5.41) is 7.51. The summed E-state index contributed by atoms with van der Waals surface area (Å²) in [5.41, 5.74) is 3.23. The lowest BCUT2D eigenvalue weighted by atomic mass is 10.1. The number of amides is 1. The number of morpholine rings is 1. The highest BCUT2D eigenvalue weighted by Crippen LogP contribution is 2.30. The lowest BCUT2D eigenvalue weighted by Crippen LogP contribution is -2.36. The van der Waals surface area contributed by atoms with Gasteiger partial charge in [0.15, 0.2) is 5.82 Å². The maximum atomic E-state index is 14.0. The van der Waals surface area contributed by atoms with Gasteiger partial charge >= 0.3 is 0 Å². The second-order valence-electron chi connectivity index (χ2n) is 7.20. The zero-order valence-electron chi connectivity index (χ0n) is 16.6. The molecule has 0 bridgehead atoms. The molecule has 1 aromatic heterocycles. The predicted molar refractivity (Wildman–Crippen MR) is 115 cm³/mol. The third-order valence-corrected chi connectivity index (χ3v) is 5.16. The van der Waals surface area contributed by atoms with Crippen molar-refractivity contribution in [1.82, 2.24) is 9.78 Å². The van der Waals surface area contributed by atoms with Crippen LogP contribution in [0.25, 0.3) is 11.1 Å². The van der Waals surface area contributed by atoms with Crippen molar-refractivity contribution in [3.63, 3.8) is 0 Å². The van der Waals surface area contributed by atoms with Crippen LogP contribution in [0.1, 0.15) is 5.56 Å². The minimum Gasteiger partial charge on any atom is -0.378 e. The fourth-order valence-electron chi connectivity index (χ4n) is 3.37. The number of hydrogen-bond acceptors (Lipinski definition) is 4. The Morgan fingerprint density at radius 2 is 1.93 bits per heavy atom. The van der Waals surface area contributed by atoms with Gasteiger partial charge in [-0.1, -0.05) is 41.4 Å². The molecule has 0 saturated carbocycles. The van der Waals surface area contributed by atoms with Gasteiger partial charge in [-0.2, -0.15) is 5.10 Å². The summed E-state index contributed by atoms with van der Waals surface area (Å²) in [5.74, 6) is -0.138. The molecule has 1 N–H and O–H groups in total. The zero-order valence-corrected chi connectivity index (χ0v) is 17.3. The maximum Gasteiger partial charge on any atom is 0.246 e. The SMILES string of the molecule is Cc1ccc(-c2cn(CC(=O)Nc3ccc(Cl)cc3F)nc2N2CCOCC2)cc1. The van der Waals surface area contributed by atoms with Gasteiger partial charge in [-0.25, -0.2) is 4.39 Å². The summed E-state index contributed by atoms with van der Waals surface area (Å²) >= 11 is 5.76. The standard InChI is InChI=1S/C22H22ClFN4O2/c1-15-2-4-16(5-3-15)18-13-28(26-22(18)27-8-10-30-11-9-27)14-21(29)25-20-7-6-17(23)12-19(20)24/h2-7,12-13H,8-11,14H2,1H3,(H,25,29). The number of carbonyl (C=O) groups excluding carboxylic acids is 1. The van der Waals surface area contributed by atoms with Gasteiger partial charge in [0.25, 0.3) is 0 Å². The van der Waals surface area contributed by atoms with Crippen molar-refractivity contribution in [2.75, 3.05) is 36.5 Å². The van der Waals surface area contributed by atoms with E-state index in [0.29, 0.717) is 13.2 Å². The quantitative estimate of drug-likeness (QED) is 0.664. The van der Waals surface area contributed by atoms with Crippen LogP contribution in [0.15, 0.2) is 48.7 Å². The molecule has 8 heteroatoms. The van der Waals surface area contributed by atoms with Crippen LogP contribution >= 0.6 is 11.6 Å². The highest BCUT2D eigenvalue weighted by Gasteiger charge is 2.21. The van der Waals surface area contributed by atoms with E-state index in [1.54, 1.807) is 4.68 Å². The Kier molecular flexibility index (Phi) is 6.01. The second-order valence-corrected chi connectivity index (χ2v) is 7.64. The summed E-state index contributed by atoms with van der Waals surface area (Å²) in [4.78, 5) is 14.7. The number of carbonyl (C=O) groups is 1. The predicted octanol–water partition coefficient (Wildman–Crippen LogP) is 4.13. The van der Waals surface area contributed by atoms with Crippen molar-refractivity contribution in [3.05, 3.63) is 65.1 Å². The van der Waals surface area contributed by atoms with Crippen molar-refractivity contribution in [2.24, 2.45) is 0 Å². The zero-order chi connectivity index (χ0) is 21.1. The molecule has 0 unspecified atom stereocenters. The van der Waals surface area contributed by atoms with Crippen LogP contribution in [0.2, 0.25) is 5.02 Å². The molecule has 1 aliphatic heterocycles. The molecule has 3 aromatic rings. The molecule has 2 heterocycles. The van der Waals surface area contributed by atoms with E-state index in [0.717, 1.165) is 36.1 Å². The smallest absolute Gasteiger partial charge is 0.246 e. The average molecular weight is 429 g/mol. The summed E-state index contributed by atoms with van der Waals surface area (Å²) in [7, 11) is 0. The average Bonchev–Trinajstić information content (AvgIpc) is 3.15. The van der Waals surface area contributed by atoms with E-state index in [-0.39, 0.29) is 23.2 Å². The van der Waals surface area contributed by atoms with Gasteiger partial charge in [0, 0.05) is 29.9 Å². The fourth-order valence-corrected chi connectivity index (χ4v) is 3.52. The first-order valence-electron chi connectivity index (χ1n) is 9.72. The van der Waals surface area contributed by atoms with Gasteiger partial charge < -0.3 is 15.0 Å². The summed E-state index contributed by atoms with van der Waals surface area (Å²) < 4.78 is 21.0. The van der Waals surface area contributed by atoms with Crippen LogP contribution in [-0.4, -0.2) is 42.0 Å². The molecule has 0 aliphatic carbocycles. The highest BCUT2D eigenvalue weighted by molar-refractivity contribution is 6.30. The van der Waals surface area contributed by atoms with Crippen LogP contribution in [0, 0.1) is 12.7 Å². The monoisotopic (exact) mass is 428 g/mol. The highest BCUT2D eigenvalue weighted by atomic mass is 35.5. The number of halogens is 2. The van der Waals surface area contributed by atoms with Crippen molar-refractivity contribution in [2.45, 2.75) is 13.5 Å². The number of hydrogen-bond donors (Lipinski definition) is 1.